The van der Waals surface area contributed by atoms with Gasteiger partial charge in [0.15, 0.2) is 5.75 Å². The van der Waals surface area contributed by atoms with Crippen molar-refractivity contribution in [1.29, 1.82) is 0 Å². The number of amides is 3. The maximum Gasteiger partial charge on any atom is 0.326 e. The fraction of sp³-hybridized carbons (Fsp3) is 0.400. The van der Waals surface area contributed by atoms with Crippen molar-refractivity contribution in [2.24, 2.45) is 5.73 Å². The molecule has 1 aliphatic rings. The maximum absolute atomic E-state index is 13.4. The maximum atomic E-state index is 13.4. The van der Waals surface area contributed by atoms with Crippen LogP contribution in [0.4, 0.5) is 0 Å². The molecule has 0 spiro atoms. The Bertz CT molecular complexity index is 1420. The molecule has 218 valence electrons. The number of aromatic hydroxyl groups is 1. The van der Waals surface area contributed by atoms with Crippen molar-refractivity contribution in [3.05, 3.63) is 65.1 Å². The van der Waals surface area contributed by atoms with Gasteiger partial charge in [0, 0.05) is 68.2 Å². The van der Waals surface area contributed by atoms with Crippen LogP contribution in [0, 0.1) is 0 Å². The second-order valence-electron chi connectivity index (χ2n) is 9.71. The topological polar surface area (TPSA) is 241 Å². The van der Waals surface area contributed by atoms with E-state index in [1.54, 1.807) is 0 Å². The van der Waals surface area contributed by atoms with Gasteiger partial charge in [0.25, 0.3) is 0 Å². The highest BCUT2D eigenvalue weighted by molar-refractivity contribution is 5.94. The molecular formula is C25H31N9O7. The van der Waals surface area contributed by atoms with Gasteiger partial charge in [-0.2, -0.15) is 0 Å². The molecule has 0 radical (unpaired) electrons. The molecule has 1 saturated heterocycles. The molecule has 0 aromatic carbocycles. The molecule has 4 heterocycles. The Balaban J connectivity index is 1.45. The number of aromatic amines is 2. The number of H-pyrrole nitrogens is 2. The van der Waals surface area contributed by atoms with E-state index in [4.69, 9.17) is 5.73 Å². The molecule has 1 aliphatic heterocycles. The van der Waals surface area contributed by atoms with Gasteiger partial charge in [0.1, 0.15) is 24.2 Å². The number of nitrogens with two attached hydrogens (primary N) is 1. The summed E-state index contributed by atoms with van der Waals surface area (Å²) >= 11 is 0. The summed E-state index contributed by atoms with van der Waals surface area (Å²) in [6, 6.07) is -3.31. The minimum absolute atomic E-state index is 0.00993. The first-order chi connectivity index (χ1) is 19.6. The lowest BCUT2D eigenvalue weighted by Crippen LogP contribution is -2.57. The second-order valence-corrected chi connectivity index (χ2v) is 9.71. The third kappa shape index (κ3) is 7.36. The number of aliphatic carboxylic acids is 1. The lowest BCUT2D eigenvalue weighted by molar-refractivity contribution is -0.143. The van der Waals surface area contributed by atoms with Crippen molar-refractivity contribution in [2.75, 3.05) is 6.54 Å². The van der Waals surface area contributed by atoms with E-state index in [0.717, 1.165) is 6.07 Å². The summed E-state index contributed by atoms with van der Waals surface area (Å²) in [7, 11) is 0. The van der Waals surface area contributed by atoms with E-state index in [-0.39, 0.29) is 25.9 Å². The van der Waals surface area contributed by atoms with Crippen molar-refractivity contribution in [3.8, 4) is 5.75 Å². The average molecular weight is 570 g/mol. The zero-order valence-corrected chi connectivity index (χ0v) is 21.9. The normalized spacial score (nSPS) is 17.0. The van der Waals surface area contributed by atoms with Crippen LogP contribution in [0.3, 0.4) is 0 Å². The van der Waals surface area contributed by atoms with Gasteiger partial charge in [-0.05, 0) is 12.8 Å². The molecule has 41 heavy (non-hydrogen) atoms. The van der Waals surface area contributed by atoms with Crippen LogP contribution in [0.15, 0.2) is 48.3 Å². The highest BCUT2D eigenvalue weighted by atomic mass is 16.4. The number of carboxylic acids is 1. The second kappa shape index (κ2) is 12.9. The number of rotatable bonds is 12. The zero-order chi connectivity index (χ0) is 29.5. The minimum atomic E-state index is -1.29. The van der Waals surface area contributed by atoms with Crippen molar-refractivity contribution in [3.63, 3.8) is 0 Å². The summed E-state index contributed by atoms with van der Waals surface area (Å²) in [4.78, 5) is 77.9. The monoisotopic (exact) mass is 569 g/mol. The Morgan fingerprint density at radius 3 is 2.32 bits per heavy atom. The van der Waals surface area contributed by atoms with Crippen molar-refractivity contribution in [2.45, 2.75) is 56.4 Å². The lowest BCUT2D eigenvalue weighted by Gasteiger charge is -2.29. The Hall–Kier alpha value is -4.99. The standard InChI is InChI=1S/C25H31N9O7/c26-16(10-33-5-3-20(35)21(36)11-33)24(39)34-4-1-2-19(34)23(38)31-17(6-14-8-27-12-29-14)22(37)32-18(25(40)41)7-15-9-28-13-30-15/h3,5,8-9,11-13,16-19,36H,1-2,4,6-7,10,26H2,(H,27,29)(H,28,30)(H,31,38)(H,32,37)(H,40,41)/t16-,17-,18-,19-/m0/s1. The van der Waals surface area contributed by atoms with Gasteiger partial charge in [-0.1, -0.05) is 0 Å². The van der Waals surface area contributed by atoms with Gasteiger partial charge in [-0.3, -0.25) is 19.2 Å². The number of nitrogens with zero attached hydrogens (tertiary/aromatic N) is 4. The number of carbonyl (C=O) groups is 4. The Morgan fingerprint density at radius 2 is 1.73 bits per heavy atom. The lowest BCUT2D eigenvalue weighted by atomic mass is 10.1. The van der Waals surface area contributed by atoms with Crippen LogP contribution in [0.2, 0.25) is 0 Å². The Labute approximate surface area is 233 Å². The molecule has 0 aliphatic carbocycles. The van der Waals surface area contributed by atoms with Crippen LogP contribution < -0.4 is 21.8 Å². The van der Waals surface area contributed by atoms with E-state index in [1.807, 2.05) is 0 Å². The van der Waals surface area contributed by atoms with Crippen LogP contribution in [-0.4, -0.2) is 94.0 Å². The number of likely N-dealkylation sites (tertiary alicyclic amines) is 1. The van der Waals surface area contributed by atoms with Crippen LogP contribution in [0.25, 0.3) is 0 Å². The first-order valence-electron chi connectivity index (χ1n) is 12.9. The highest BCUT2D eigenvalue weighted by Gasteiger charge is 2.38. The van der Waals surface area contributed by atoms with Gasteiger partial charge in [-0.15, -0.1) is 0 Å². The molecule has 1 fully saturated rings. The van der Waals surface area contributed by atoms with E-state index < -0.39 is 59.0 Å². The average Bonchev–Trinajstić information content (AvgIpc) is 3.72. The first-order valence-corrected chi connectivity index (χ1v) is 12.9. The summed E-state index contributed by atoms with van der Waals surface area (Å²) in [5.41, 5.74) is 6.57. The summed E-state index contributed by atoms with van der Waals surface area (Å²) in [5, 5.41) is 24.4. The number of hydrogen-bond donors (Lipinski definition) is 7. The number of pyridine rings is 1. The van der Waals surface area contributed by atoms with Crippen LogP contribution in [0.1, 0.15) is 24.2 Å². The molecule has 16 heteroatoms. The Kier molecular flexibility index (Phi) is 9.13. The smallest absolute Gasteiger partial charge is 0.326 e. The molecule has 3 amide bonds. The van der Waals surface area contributed by atoms with Crippen molar-refractivity contribution < 1.29 is 29.4 Å². The van der Waals surface area contributed by atoms with Gasteiger partial charge < -0.3 is 46.0 Å². The summed E-state index contributed by atoms with van der Waals surface area (Å²) in [5.74, 6) is -3.59. The third-order valence-corrected chi connectivity index (χ3v) is 6.73. The van der Waals surface area contributed by atoms with Crippen LogP contribution in [-0.2, 0) is 38.6 Å². The predicted molar refractivity (Wildman–Crippen MR) is 141 cm³/mol. The molecular weight excluding hydrogens is 538 g/mol. The largest absolute Gasteiger partial charge is 0.503 e. The van der Waals surface area contributed by atoms with E-state index in [1.165, 1.54) is 46.9 Å². The molecule has 0 bridgehead atoms. The van der Waals surface area contributed by atoms with Crippen molar-refractivity contribution >= 4 is 23.7 Å². The molecule has 16 nitrogen and oxygen atoms in total. The van der Waals surface area contributed by atoms with E-state index in [9.17, 15) is 34.2 Å². The SMILES string of the molecule is N[C@@H](Cn1ccc(=O)c(O)c1)C(=O)N1CCC[C@H]1C(=O)N[C@@H](Cc1cnc[nH]1)C(=O)N[C@@H](Cc1cnc[nH]1)C(=O)O. The van der Waals surface area contributed by atoms with Gasteiger partial charge in [0.2, 0.25) is 23.2 Å². The number of imidazole rings is 2. The highest BCUT2D eigenvalue weighted by Crippen LogP contribution is 2.19. The molecule has 3 aromatic heterocycles. The summed E-state index contributed by atoms with van der Waals surface area (Å²) in [6.45, 7) is 0.220. The number of carboxylic acid groups (broad SMARTS) is 1. The molecule has 0 saturated carbocycles. The zero-order valence-electron chi connectivity index (χ0n) is 21.9. The van der Waals surface area contributed by atoms with Crippen molar-refractivity contribution in [1.82, 2.24) is 40.0 Å². The fourth-order valence-corrected chi connectivity index (χ4v) is 4.63. The molecule has 4 rings (SSSR count). The third-order valence-electron chi connectivity index (χ3n) is 6.73. The number of aromatic nitrogens is 5. The number of hydrogen-bond acceptors (Lipinski definition) is 9. The first kappa shape index (κ1) is 29.0. The quantitative estimate of drug-likeness (QED) is 0.125. The minimum Gasteiger partial charge on any atom is -0.503 e. The van der Waals surface area contributed by atoms with Gasteiger partial charge in [-0.25, -0.2) is 14.8 Å². The van der Waals surface area contributed by atoms with Gasteiger partial charge >= 0.3 is 5.97 Å². The molecule has 0 unspecified atom stereocenters. The summed E-state index contributed by atoms with van der Waals surface area (Å²) in [6.07, 6.45) is 9.07. The molecule has 3 aromatic rings. The Morgan fingerprint density at radius 1 is 1.07 bits per heavy atom. The molecule has 8 N–H and O–H groups in total. The molecule has 4 atom stereocenters. The van der Waals surface area contributed by atoms with Gasteiger partial charge in [0.05, 0.1) is 12.7 Å². The fourth-order valence-electron chi connectivity index (χ4n) is 4.63. The number of nitrogens with one attached hydrogen (secondary N) is 4. The van der Waals surface area contributed by atoms with E-state index in [0.29, 0.717) is 24.2 Å². The van der Waals surface area contributed by atoms with Crippen LogP contribution >= 0.6 is 0 Å². The predicted octanol–water partition coefficient (Wildman–Crippen LogP) is -2.14. The number of carbonyl (C=O) groups excluding carboxylic acids is 3. The van der Waals surface area contributed by atoms with E-state index >= 15 is 0 Å². The summed E-state index contributed by atoms with van der Waals surface area (Å²) < 4.78 is 1.40. The van der Waals surface area contributed by atoms with Crippen LogP contribution in [0.5, 0.6) is 5.75 Å². The van der Waals surface area contributed by atoms with E-state index in [2.05, 4.69) is 30.6 Å².